The van der Waals surface area contributed by atoms with Crippen LogP contribution >= 0.6 is 0 Å². The van der Waals surface area contributed by atoms with Gasteiger partial charge in [0.05, 0.1) is 18.7 Å². The number of aromatic nitrogens is 2. The van der Waals surface area contributed by atoms with Crippen molar-refractivity contribution in [2.24, 2.45) is 13.0 Å². The number of hydrogen-bond donors (Lipinski definition) is 1. The van der Waals surface area contributed by atoms with Gasteiger partial charge >= 0.3 is 12.0 Å². The molecule has 1 aromatic rings. The van der Waals surface area contributed by atoms with Gasteiger partial charge in [-0.25, -0.2) is 4.79 Å². The summed E-state index contributed by atoms with van der Waals surface area (Å²) >= 11 is 0. The topological polar surface area (TPSA) is 78.7 Å². The Kier molecular flexibility index (Phi) is 4.91. The first-order valence-electron chi connectivity index (χ1n) is 5.97. The first kappa shape index (κ1) is 15.0. The van der Waals surface area contributed by atoms with Crippen LogP contribution in [0, 0.1) is 5.92 Å². The maximum absolute atomic E-state index is 12.0. The van der Waals surface area contributed by atoms with Gasteiger partial charge in [0.25, 0.3) is 0 Å². The number of rotatable bonds is 5. The number of carboxylic acids is 1. The van der Waals surface area contributed by atoms with Crippen LogP contribution in [0.25, 0.3) is 0 Å². The van der Waals surface area contributed by atoms with E-state index in [4.69, 9.17) is 5.11 Å². The summed E-state index contributed by atoms with van der Waals surface area (Å²) < 4.78 is 1.67. The number of aryl methyl sites for hydroxylation is 1. The fourth-order valence-corrected chi connectivity index (χ4v) is 1.75. The Morgan fingerprint density at radius 1 is 1.42 bits per heavy atom. The highest BCUT2D eigenvalue weighted by Crippen LogP contribution is 2.06. The predicted molar refractivity (Wildman–Crippen MR) is 69.5 cm³/mol. The van der Waals surface area contributed by atoms with E-state index < -0.39 is 11.9 Å². The van der Waals surface area contributed by atoms with Gasteiger partial charge in [-0.3, -0.25) is 9.48 Å². The highest BCUT2D eigenvalue weighted by atomic mass is 16.4. The fraction of sp³-hybridized carbons (Fsp3) is 0.583. The standard InChI is InChI=1S/C12H20N4O3/c1-9(11(17)18)6-14(2)12(19)15(3)7-10-5-13-16(4)8-10/h5,8-9H,6-7H2,1-4H3,(H,17,18). The molecule has 0 aliphatic carbocycles. The van der Waals surface area contributed by atoms with Crippen molar-refractivity contribution in [1.82, 2.24) is 19.6 Å². The molecular weight excluding hydrogens is 248 g/mol. The lowest BCUT2D eigenvalue weighted by Crippen LogP contribution is -2.41. The highest BCUT2D eigenvalue weighted by molar-refractivity contribution is 5.75. The van der Waals surface area contributed by atoms with E-state index in [-0.39, 0.29) is 12.6 Å². The average Bonchev–Trinajstić information content (AvgIpc) is 2.73. The van der Waals surface area contributed by atoms with Gasteiger partial charge in [-0.2, -0.15) is 5.10 Å². The zero-order valence-electron chi connectivity index (χ0n) is 11.7. The molecule has 1 N–H and O–H groups in total. The third-order valence-electron chi connectivity index (χ3n) is 2.80. The molecule has 0 fully saturated rings. The lowest BCUT2D eigenvalue weighted by atomic mass is 10.2. The quantitative estimate of drug-likeness (QED) is 0.849. The van der Waals surface area contributed by atoms with Crippen LogP contribution in [0.1, 0.15) is 12.5 Å². The van der Waals surface area contributed by atoms with Crippen molar-refractivity contribution < 1.29 is 14.7 Å². The minimum atomic E-state index is -0.908. The van der Waals surface area contributed by atoms with E-state index in [0.717, 1.165) is 5.56 Å². The van der Waals surface area contributed by atoms with Gasteiger partial charge in [-0.15, -0.1) is 0 Å². The Hall–Kier alpha value is -2.05. The maximum atomic E-state index is 12.0. The molecular formula is C12H20N4O3. The van der Waals surface area contributed by atoms with E-state index >= 15 is 0 Å². The Balaban J connectivity index is 2.54. The predicted octanol–water partition coefficient (Wildman–Crippen LogP) is 0.624. The number of nitrogens with zero attached hydrogens (tertiary/aromatic N) is 4. The van der Waals surface area contributed by atoms with Gasteiger partial charge in [0.1, 0.15) is 0 Å². The molecule has 0 aliphatic rings. The summed E-state index contributed by atoms with van der Waals surface area (Å²) in [5.74, 6) is -1.49. The molecule has 0 bridgehead atoms. The van der Waals surface area contributed by atoms with E-state index in [1.807, 2.05) is 13.2 Å². The molecule has 0 radical (unpaired) electrons. The second-order valence-corrected chi connectivity index (χ2v) is 4.78. The van der Waals surface area contributed by atoms with Crippen LogP contribution in [0.4, 0.5) is 4.79 Å². The molecule has 106 valence electrons. The Labute approximate surface area is 112 Å². The summed E-state index contributed by atoms with van der Waals surface area (Å²) in [5.41, 5.74) is 0.929. The van der Waals surface area contributed by atoms with Crippen molar-refractivity contribution >= 4 is 12.0 Å². The molecule has 0 saturated carbocycles. The van der Waals surface area contributed by atoms with Gasteiger partial charge in [0.2, 0.25) is 0 Å². The van der Waals surface area contributed by atoms with Crippen LogP contribution in [-0.4, -0.2) is 57.3 Å². The summed E-state index contributed by atoms with van der Waals surface area (Å²) in [6.07, 6.45) is 3.54. The van der Waals surface area contributed by atoms with Crippen molar-refractivity contribution in [3.63, 3.8) is 0 Å². The molecule has 19 heavy (non-hydrogen) atoms. The van der Waals surface area contributed by atoms with E-state index in [2.05, 4.69) is 5.10 Å². The van der Waals surface area contributed by atoms with Gasteiger partial charge in [0.15, 0.2) is 0 Å². The van der Waals surface area contributed by atoms with Gasteiger partial charge < -0.3 is 14.9 Å². The van der Waals surface area contributed by atoms with Crippen LogP contribution in [0.3, 0.4) is 0 Å². The molecule has 7 nitrogen and oxygen atoms in total. The van der Waals surface area contributed by atoms with Crippen LogP contribution in [0.2, 0.25) is 0 Å². The van der Waals surface area contributed by atoms with E-state index in [1.54, 1.807) is 31.9 Å². The summed E-state index contributed by atoms with van der Waals surface area (Å²) in [7, 11) is 5.09. The van der Waals surface area contributed by atoms with Crippen molar-refractivity contribution in [2.75, 3.05) is 20.6 Å². The molecule has 0 aromatic carbocycles. The van der Waals surface area contributed by atoms with Crippen LogP contribution in [0.5, 0.6) is 0 Å². The summed E-state index contributed by atoms with van der Waals surface area (Å²) in [6.45, 7) is 2.21. The molecule has 1 atom stereocenters. The highest BCUT2D eigenvalue weighted by Gasteiger charge is 2.20. The summed E-state index contributed by atoms with van der Waals surface area (Å²) in [5, 5.41) is 12.9. The van der Waals surface area contributed by atoms with E-state index in [9.17, 15) is 9.59 Å². The minimum Gasteiger partial charge on any atom is -0.481 e. The summed E-state index contributed by atoms with van der Waals surface area (Å²) in [6, 6.07) is -0.211. The number of hydrogen-bond acceptors (Lipinski definition) is 3. The zero-order valence-corrected chi connectivity index (χ0v) is 11.7. The Bertz CT molecular complexity index is 458. The lowest BCUT2D eigenvalue weighted by Gasteiger charge is -2.25. The van der Waals surface area contributed by atoms with Gasteiger partial charge in [0, 0.05) is 39.4 Å². The smallest absolute Gasteiger partial charge is 0.319 e. The van der Waals surface area contributed by atoms with Crippen LogP contribution in [-0.2, 0) is 18.4 Å². The van der Waals surface area contributed by atoms with E-state index in [0.29, 0.717) is 6.54 Å². The molecule has 0 saturated heterocycles. The number of aliphatic carboxylic acids is 1. The first-order chi connectivity index (χ1) is 8.81. The maximum Gasteiger partial charge on any atom is 0.319 e. The molecule has 2 amide bonds. The SMILES string of the molecule is CC(CN(C)C(=O)N(C)Cc1cnn(C)c1)C(=O)O. The second kappa shape index (κ2) is 6.21. The fourth-order valence-electron chi connectivity index (χ4n) is 1.75. The van der Waals surface area contributed by atoms with Crippen molar-refractivity contribution in [3.05, 3.63) is 18.0 Å². The largest absolute Gasteiger partial charge is 0.481 e. The van der Waals surface area contributed by atoms with Crippen molar-refractivity contribution in [3.8, 4) is 0 Å². The molecule has 1 unspecified atom stereocenters. The molecule has 7 heteroatoms. The molecule has 0 aliphatic heterocycles. The third-order valence-corrected chi connectivity index (χ3v) is 2.80. The normalized spacial score (nSPS) is 12.0. The lowest BCUT2D eigenvalue weighted by molar-refractivity contribution is -0.141. The average molecular weight is 268 g/mol. The van der Waals surface area contributed by atoms with Crippen molar-refractivity contribution in [2.45, 2.75) is 13.5 Å². The molecule has 1 rings (SSSR count). The van der Waals surface area contributed by atoms with Gasteiger partial charge in [-0.1, -0.05) is 6.92 Å². The molecule has 1 aromatic heterocycles. The van der Waals surface area contributed by atoms with E-state index in [1.165, 1.54) is 9.80 Å². The number of carbonyl (C=O) groups excluding carboxylic acids is 1. The number of urea groups is 1. The van der Waals surface area contributed by atoms with Gasteiger partial charge in [-0.05, 0) is 0 Å². The Morgan fingerprint density at radius 2 is 2.05 bits per heavy atom. The molecule has 0 spiro atoms. The number of carboxylic acid groups (broad SMARTS) is 1. The third kappa shape index (κ3) is 4.27. The monoisotopic (exact) mass is 268 g/mol. The van der Waals surface area contributed by atoms with Crippen LogP contribution in [0.15, 0.2) is 12.4 Å². The Morgan fingerprint density at radius 3 is 2.53 bits per heavy atom. The van der Waals surface area contributed by atoms with Crippen LogP contribution < -0.4 is 0 Å². The molecule has 1 heterocycles. The zero-order chi connectivity index (χ0) is 14.6. The second-order valence-electron chi connectivity index (χ2n) is 4.78. The number of carbonyl (C=O) groups is 2. The minimum absolute atomic E-state index is 0.186. The first-order valence-corrected chi connectivity index (χ1v) is 5.97. The summed E-state index contributed by atoms with van der Waals surface area (Å²) in [4.78, 5) is 25.7. The number of amides is 2. The van der Waals surface area contributed by atoms with Crippen molar-refractivity contribution in [1.29, 1.82) is 0 Å².